The molecule has 2 rings (SSSR count). The Kier molecular flexibility index (Phi) is 4.11. The van der Waals surface area contributed by atoms with E-state index in [4.69, 9.17) is 5.73 Å². The Balaban J connectivity index is 2.13. The largest absolute Gasteiger partial charge is 0.399 e. The highest BCUT2D eigenvalue weighted by atomic mass is 32.2. The lowest BCUT2D eigenvalue weighted by atomic mass is 10.1. The molecule has 1 aromatic rings. The molecule has 1 aromatic carbocycles. The van der Waals surface area contributed by atoms with Crippen LogP contribution in [0.2, 0.25) is 0 Å². The van der Waals surface area contributed by atoms with Crippen LogP contribution < -0.4 is 11.1 Å². The maximum Gasteiger partial charge on any atom is 0.254 e. The first-order valence-corrected chi connectivity index (χ1v) is 7.17. The summed E-state index contributed by atoms with van der Waals surface area (Å²) < 4.78 is 13.9. The summed E-state index contributed by atoms with van der Waals surface area (Å²) in [6.45, 7) is 1.61. The Morgan fingerprint density at radius 1 is 1.44 bits per heavy atom. The third-order valence-corrected chi connectivity index (χ3v) is 4.13. The fourth-order valence-corrected chi connectivity index (χ4v) is 3.17. The fourth-order valence-electron chi connectivity index (χ4n) is 2.07. The molecule has 18 heavy (non-hydrogen) atoms. The number of thioether (sulfide) groups is 1. The second-order valence-electron chi connectivity index (χ2n) is 4.56. The molecule has 1 saturated heterocycles. The highest BCUT2D eigenvalue weighted by Gasteiger charge is 2.20. The van der Waals surface area contributed by atoms with Gasteiger partial charge in [0.05, 0.1) is 5.56 Å². The number of benzene rings is 1. The van der Waals surface area contributed by atoms with Crippen molar-refractivity contribution < 1.29 is 9.18 Å². The summed E-state index contributed by atoms with van der Waals surface area (Å²) in [6.07, 6.45) is 1.89. The van der Waals surface area contributed by atoms with Gasteiger partial charge in [0.25, 0.3) is 5.91 Å². The van der Waals surface area contributed by atoms with Crippen LogP contribution >= 0.6 is 11.8 Å². The summed E-state index contributed by atoms with van der Waals surface area (Å²) in [5, 5.41) is 2.88. The molecule has 0 aliphatic carbocycles. The van der Waals surface area contributed by atoms with Gasteiger partial charge >= 0.3 is 0 Å². The van der Waals surface area contributed by atoms with E-state index in [1.165, 1.54) is 12.1 Å². The molecule has 0 unspecified atom stereocenters. The van der Waals surface area contributed by atoms with Crippen molar-refractivity contribution in [2.45, 2.75) is 25.8 Å². The topological polar surface area (TPSA) is 55.1 Å². The lowest BCUT2D eigenvalue weighted by molar-refractivity contribution is 0.0930. The van der Waals surface area contributed by atoms with Gasteiger partial charge in [-0.05, 0) is 49.0 Å². The Morgan fingerprint density at radius 3 is 2.78 bits per heavy atom. The molecule has 0 spiro atoms. The average Bonchev–Trinajstić information content (AvgIpc) is 2.35. The van der Waals surface area contributed by atoms with Crippen LogP contribution in [0.25, 0.3) is 0 Å². The van der Waals surface area contributed by atoms with Gasteiger partial charge in [0.15, 0.2) is 0 Å². The number of halogens is 1. The van der Waals surface area contributed by atoms with Crippen molar-refractivity contribution in [2.24, 2.45) is 0 Å². The van der Waals surface area contributed by atoms with Gasteiger partial charge in [-0.25, -0.2) is 4.39 Å². The SMILES string of the molecule is Cc1cc(N)cc(C(=O)NC2CCSCC2)c1F. The Morgan fingerprint density at radius 2 is 2.11 bits per heavy atom. The second kappa shape index (κ2) is 5.61. The molecule has 1 aliphatic rings. The molecular weight excluding hydrogens is 251 g/mol. The number of hydrogen-bond donors (Lipinski definition) is 2. The highest BCUT2D eigenvalue weighted by molar-refractivity contribution is 7.99. The van der Waals surface area contributed by atoms with Gasteiger partial charge in [-0.3, -0.25) is 4.79 Å². The maximum atomic E-state index is 13.9. The molecular formula is C13H17FN2OS. The van der Waals surface area contributed by atoms with Crippen molar-refractivity contribution in [3.63, 3.8) is 0 Å². The van der Waals surface area contributed by atoms with Crippen LogP contribution in [0.3, 0.4) is 0 Å². The van der Waals surface area contributed by atoms with E-state index in [1.54, 1.807) is 6.92 Å². The van der Waals surface area contributed by atoms with Gasteiger partial charge in [0.2, 0.25) is 0 Å². The maximum absolute atomic E-state index is 13.9. The van der Waals surface area contributed by atoms with E-state index < -0.39 is 5.82 Å². The average molecular weight is 268 g/mol. The van der Waals surface area contributed by atoms with Gasteiger partial charge in [-0.1, -0.05) is 0 Å². The molecule has 1 fully saturated rings. The number of nitrogen functional groups attached to an aromatic ring is 1. The van der Waals surface area contributed by atoms with Crippen LogP contribution in [0.5, 0.6) is 0 Å². The predicted molar refractivity (Wildman–Crippen MR) is 73.4 cm³/mol. The lowest BCUT2D eigenvalue weighted by Crippen LogP contribution is -2.37. The van der Waals surface area contributed by atoms with E-state index in [1.807, 2.05) is 11.8 Å². The monoisotopic (exact) mass is 268 g/mol. The van der Waals surface area contributed by atoms with Crippen LogP contribution in [-0.4, -0.2) is 23.5 Å². The molecule has 0 atom stereocenters. The number of nitrogens with one attached hydrogen (secondary N) is 1. The zero-order chi connectivity index (χ0) is 13.1. The number of anilines is 1. The second-order valence-corrected chi connectivity index (χ2v) is 5.78. The molecule has 5 heteroatoms. The standard InChI is InChI=1S/C13H17FN2OS/c1-8-6-9(15)7-11(12(8)14)13(17)16-10-2-4-18-5-3-10/h6-7,10H,2-5,15H2,1H3,(H,16,17). The highest BCUT2D eigenvalue weighted by Crippen LogP contribution is 2.20. The van der Waals surface area contributed by atoms with E-state index in [0.29, 0.717) is 11.3 Å². The zero-order valence-corrected chi connectivity index (χ0v) is 11.1. The Bertz CT molecular complexity index is 459. The van der Waals surface area contributed by atoms with Crippen molar-refractivity contribution in [1.82, 2.24) is 5.32 Å². The molecule has 3 nitrogen and oxygen atoms in total. The number of amides is 1. The Hall–Kier alpha value is -1.23. The van der Waals surface area contributed by atoms with Crippen LogP contribution in [0.1, 0.15) is 28.8 Å². The molecule has 98 valence electrons. The summed E-state index contributed by atoms with van der Waals surface area (Å²) in [7, 11) is 0. The van der Waals surface area contributed by atoms with Crippen molar-refractivity contribution >= 4 is 23.4 Å². The number of carbonyl (C=O) groups excluding carboxylic acids is 1. The van der Waals surface area contributed by atoms with Gasteiger partial charge in [-0.15, -0.1) is 0 Å². The molecule has 1 amide bonds. The molecule has 1 aliphatic heterocycles. The number of carbonyl (C=O) groups is 1. The first kappa shape index (κ1) is 13.2. The van der Waals surface area contributed by atoms with Crippen LogP contribution in [-0.2, 0) is 0 Å². The number of aryl methyl sites for hydroxylation is 1. The van der Waals surface area contributed by atoms with Crippen molar-refractivity contribution in [1.29, 1.82) is 0 Å². The van der Waals surface area contributed by atoms with Crippen molar-refractivity contribution in [3.05, 3.63) is 29.1 Å². The molecule has 0 saturated carbocycles. The summed E-state index contributed by atoms with van der Waals surface area (Å²) in [5.74, 6) is 1.25. The fraction of sp³-hybridized carbons (Fsp3) is 0.462. The minimum atomic E-state index is -0.480. The first-order valence-electron chi connectivity index (χ1n) is 6.02. The molecule has 1 heterocycles. The van der Waals surface area contributed by atoms with E-state index in [0.717, 1.165) is 24.3 Å². The summed E-state index contributed by atoms with van der Waals surface area (Å²) in [5.41, 5.74) is 6.51. The van der Waals surface area contributed by atoms with Crippen molar-refractivity contribution in [3.8, 4) is 0 Å². The van der Waals surface area contributed by atoms with Crippen molar-refractivity contribution in [2.75, 3.05) is 17.2 Å². The molecule has 0 aromatic heterocycles. The predicted octanol–water partition coefficient (Wildman–Crippen LogP) is 2.34. The number of hydrogen-bond acceptors (Lipinski definition) is 3. The third-order valence-electron chi connectivity index (χ3n) is 3.08. The Labute approximate surface area is 110 Å². The normalized spacial score (nSPS) is 16.6. The van der Waals surface area contributed by atoms with Crippen LogP contribution in [0.4, 0.5) is 10.1 Å². The lowest BCUT2D eigenvalue weighted by Gasteiger charge is -2.22. The number of rotatable bonds is 2. The van der Waals surface area contributed by atoms with Gasteiger partial charge in [0, 0.05) is 11.7 Å². The molecule has 3 N–H and O–H groups in total. The molecule has 0 bridgehead atoms. The minimum Gasteiger partial charge on any atom is -0.399 e. The van der Waals surface area contributed by atoms with E-state index >= 15 is 0 Å². The van der Waals surface area contributed by atoms with E-state index in [9.17, 15) is 9.18 Å². The van der Waals surface area contributed by atoms with E-state index in [2.05, 4.69) is 5.32 Å². The van der Waals surface area contributed by atoms with Gasteiger partial charge in [0.1, 0.15) is 5.82 Å². The third kappa shape index (κ3) is 2.96. The quantitative estimate of drug-likeness (QED) is 0.809. The van der Waals surface area contributed by atoms with E-state index in [-0.39, 0.29) is 17.5 Å². The summed E-state index contributed by atoms with van der Waals surface area (Å²) in [6, 6.07) is 3.08. The summed E-state index contributed by atoms with van der Waals surface area (Å²) in [4.78, 5) is 12.0. The number of nitrogens with two attached hydrogens (primary N) is 1. The van der Waals surface area contributed by atoms with Crippen LogP contribution in [0, 0.1) is 12.7 Å². The van der Waals surface area contributed by atoms with Crippen LogP contribution in [0.15, 0.2) is 12.1 Å². The summed E-state index contributed by atoms with van der Waals surface area (Å²) >= 11 is 1.88. The van der Waals surface area contributed by atoms with Gasteiger partial charge < -0.3 is 11.1 Å². The minimum absolute atomic E-state index is 0.0470. The molecule has 0 radical (unpaired) electrons. The first-order chi connectivity index (χ1) is 8.58. The van der Waals surface area contributed by atoms with Gasteiger partial charge in [-0.2, -0.15) is 11.8 Å². The smallest absolute Gasteiger partial charge is 0.254 e. The zero-order valence-electron chi connectivity index (χ0n) is 10.3.